The fourth-order valence-electron chi connectivity index (χ4n) is 2.38. The SMILES string of the molecule is CCCn1ccnc1C(NC)C1CCCO1. The zero-order chi connectivity index (χ0) is 11.4. The van der Waals surface area contributed by atoms with Crippen LogP contribution in [0, 0.1) is 0 Å². The molecule has 2 heterocycles. The van der Waals surface area contributed by atoms with Crippen molar-refractivity contribution in [3.63, 3.8) is 0 Å². The van der Waals surface area contributed by atoms with Crippen molar-refractivity contribution in [3.8, 4) is 0 Å². The van der Waals surface area contributed by atoms with Crippen LogP contribution in [0.25, 0.3) is 0 Å². The maximum atomic E-state index is 5.75. The summed E-state index contributed by atoms with van der Waals surface area (Å²) < 4.78 is 7.97. The monoisotopic (exact) mass is 223 g/mol. The molecule has 1 aromatic rings. The Morgan fingerprint density at radius 1 is 1.69 bits per heavy atom. The van der Waals surface area contributed by atoms with Gasteiger partial charge >= 0.3 is 0 Å². The molecule has 1 N–H and O–H groups in total. The van der Waals surface area contributed by atoms with Crippen LogP contribution in [-0.4, -0.2) is 29.3 Å². The van der Waals surface area contributed by atoms with Gasteiger partial charge in [-0.2, -0.15) is 0 Å². The number of hydrogen-bond donors (Lipinski definition) is 1. The molecule has 0 bridgehead atoms. The maximum absolute atomic E-state index is 5.75. The molecule has 2 unspecified atom stereocenters. The second-order valence-corrected chi connectivity index (χ2v) is 4.30. The Morgan fingerprint density at radius 3 is 3.19 bits per heavy atom. The van der Waals surface area contributed by atoms with E-state index < -0.39 is 0 Å². The Morgan fingerprint density at radius 2 is 2.56 bits per heavy atom. The standard InChI is InChI=1S/C12H21N3O/c1-3-7-15-8-6-14-12(15)11(13-2)10-5-4-9-16-10/h6,8,10-11,13H,3-5,7,9H2,1-2H3. The van der Waals surface area contributed by atoms with Gasteiger partial charge in [0.15, 0.2) is 0 Å². The van der Waals surface area contributed by atoms with Gasteiger partial charge in [0.25, 0.3) is 0 Å². The second kappa shape index (κ2) is 5.46. The van der Waals surface area contributed by atoms with Crippen LogP contribution in [-0.2, 0) is 11.3 Å². The van der Waals surface area contributed by atoms with Crippen molar-refractivity contribution in [2.45, 2.75) is 44.9 Å². The minimum atomic E-state index is 0.226. The Hall–Kier alpha value is -0.870. The third-order valence-corrected chi connectivity index (χ3v) is 3.14. The third kappa shape index (κ3) is 2.28. The van der Waals surface area contributed by atoms with Gasteiger partial charge in [-0.05, 0) is 26.3 Å². The Bertz CT molecular complexity index is 318. The number of nitrogens with one attached hydrogen (secondary N) is 1. The number of rotatable bonds is 5. The summed E-state index contributed by atoms with van der Waals surface area (Å²) in [6.07, 6.45) is 7.64. The second-order valence-electron chi connectivity index (χ2n) is 4.30. The molecule has 2 rings (SSSR count). The van der Waals surface area contributed by atoms with Crippen LogP contribution in [0.1, 0.15) is 38.1 Å². The van der Waals surface area contributed by atoms with Crippen LogP contribution in [0.4, 0.5) is 0 Å². The molecule has 2 atom stereocenters. The van der Waals surface area contributed by atoms with E-state index in [-0.39, 0.29) is 12.1 Å². The summed E-state index contributed by atoms with van der Waals surface area (Å²) >= 11 is 0. The lowest BCUT2D eigenvalue weighted by molar-refractivity contribution is 0.0770. The fraction of sp³-hybridized carbons (Fsp3) is 0.750. The molecule has 90 valence electrons. The fourth-order valence-corrected chi connectivity index (χ4v) is 2.38. The Kier molecular flexibility index (Phi) is 3.96. The van der Waals surface area contributed by atoms with Crippen LogP contribution in [0.2, 0.25) is 0 Å². The van der Waals surface area contributed by atoms with Crippen molar-refractivity contribution in [1.82, 2.24) is 14.9 Å². The first kappa shape index (κ1) is 11.6. The highest BCUT2D eigenvalue weighted by atomic mass is 16.5. The number of imidazole rings is 1. The molecule has 0 aliphatic carbocycles. The number of aromatic nitrogens is 2. The Labute approximate surface area is 97.0 Å². The molecule has 4 heteroatoms. The smallest absolute Gasteiger partial charge is 0.128 e. The molecule has 1 fully saturated rings. The van der Waals surface area contributed by atoms with E-state index in [1.54, 1.807) is 0 Å². The number of likely N-dealkylation sites (N-methyl/N-ethyl adjacent to an activating group) is 1. The first-order chi connectivity index (χ1) is 7.86. The lowest BCUT2D eigenvalue weighted by Crippen LogP contribution is -2.31. The minimum absolute atomic E-state index is 0.226. The average Bonchev–Trinajstić information content (AvgIpc) is 2.92. The summed E-state index contributed by atoms with van der Waals surface area (Å²) in [5, 5.41) is 3.34. The Balaban J connectivity index is 2.15. The molecule has 1 aliphatic heterocycles. The maximum Gasteiger partial charge on any atom is 0.128 e. The predicted octanol–water partition coefficient (Wildman–Crippen LogP) is 1.73. The van der Waals surface area contributed by atoms with Gasteiger partial charge in [-0.3, -0.25) is 0 Å². The van der Waals surface area contributed by atoms with Gasteiger partial charge in [0.05, 0.1) is 12.1 Å². The molecule has 0 aromatic carbocycles. The summed E-state index contributed by atoms with van der Waals surface area (Å²) in [5.74, 6) is 1.11. The van der Waals surface area contributed by atoms with Crippen LogP contribution in [0.15, 0.2) is 12.4 Å². The minimum Gasteiger partial charge on any atom is -0.376 e. The number of ether oxygens (including phenoxy) is 1. The number of aryl methyl sites for hydroxylation is 1. The number of nitrogens with zero attached hydrogens (tertiary/aromatic N) is 2. The summed E-state index contributed by atoms with van der Waals surface area (Å²) in [6, 6.07) is 0.226. The molecule has 0 saturated carbocycles. The zero-order valence-electron chi connectivity index (χ0n) is 10.1. The summed E-state index contributed by atoms with van der Waals surface area (Å²) in [7, 11) is 1.98. The summed E-state index contributed by atoms with van der Waals surface area (Å²) in [6.45, 7) is 4.10. The first-order valence-corrected chi connectivity index (χ1v) is 6.16. The normalized spacial score (nSPS) is 22.5. The quantitative estimate of drug-likeness (QED) is 0.826. The van der Waals surface area contributed by atoms with E-state index in [9.17, 15) is 0 Å². The molecule has 1 aliphatic rings. The van der Waals surface area contributed by atoms with Crippen LogP contribution < -0.4 is 5.32 Å². The van der Waals surface area contributed by atoms with E-state index in [0.29, 0.717) is 0 Å². The molecule has 0 amide bonds. The predicted molar refractivity (Wildman–Crippen MR) is 63.3 cm³/mol. The van der Waals surface area contributed by atoms with Crippen LogP contribution in [0.3, 0.4) is 0 Å². The van der Waals surface area contributed by atoms with Gasteiger partial charge in [-0.1, -0.05) is 6.92 Å². The molecule has 1 aromatic heterocycles. The van der Waals surface area contributed by atoms with Gasteiger partial charge in [0.2, 0.25) is 0 Å². The molecule has 4 nitrogen and oxygen atoms in total. The van der Waals surface area contributed by atoms with Crippen molar-refractivity contribution < 1.29 is 4.74 Å². The summed E-state index contributed by atoms with van der Waals surface area (Å²) in [4.78, 5) is 4.47. The van der Waals surface area contributed by atoms with Gasteiger partial charge < -0.3 is 14.6 Å². The van der Waals surface area contributed by atoms with E-state index in [1.165, 1.54) is 0 Å². The largest absolute Gasteiger partial charge is 0.376 e. The van der Waals surface area contributed by atoms with Crippen molar-refractivity contribution in [1.29, 1.82) is 0 Å². The van der Waals surface area contributed by atoms with Crippen LogP contribution in [0.5, 0.6) is 0 Å². The van der Waals surface area contributed by atoms with E-state index in [1.807, 2.05) is 13.2 Å². The lowest BCUT2D eigenvalue weighted by Gasteiger charge is -2.22. The molecular weight excluding hydrogens is 202 g/mol. The molecule has 0 spiro atoms. The molecule has 0 radical (unpaired) electrons. The highest BCUT2D eigenvalue weighted by Gasteiger charge is 2.28. The van der Waals surface area contributed by atoms with Crippen molar-refractivity contribution in [2.75, 3.05) is 13.7 Å². The average molecular weight is 223 g/mol. The van der Waals surface area contributed by atoms with Gasteiger partial charge in [0.1, 0.15) is 5.82 Å². The van der Waals surface area contributed by atoms with Crippen molar-refractivity contribution >= 4 is 0 Å². The van der Waals surface area contributed by atoms with E-state index in [0.717, 1.165) is 38.2 Å². The summed E-state index contributed by atoms with van der Waals surface area (Å²) in [5.41, 5.74) is 0. The molecular formula is C12H21N3O. The topological polar surface area (TPSA) is 39.1 Å². The highest BCUT2D eigenvalue weighted by molar-refractivity contribution is 5.03. The van der Waals surface area contributed by atoms with E-state index in [2.05, 4.69) is 28.0 Å². The highest BCUT2D eigenvalue weighted by Crippen LogP contribution is 2.25. The van der Waals surface area contributed by atoms with Crippen LogP contribution >= 0.6 is 0 Å². The number of hydrogen-bond acceptors (Lipinski definition) is 3. The third-order valence-electron chi connectivity index (χ3n) is 3.14. The molecule has 1 saturated heterocycles. The van der Waals surface area contributed by atoms with Crippen molar-refractivity contribution in [2.24, 2.45) is 0 Å². The van der Waals surface area contributed by atoms with Gasteiger partial charge in [-0.15, -0.1) is 0 Å². The van der Waals surface area contributed by atoms with E-state index in [4.69, 9.17) is 4.74 Å². The van der Waals surface area contributed by atoms with Crippen molar-refractivity contribution in [3.05, 3.63) is 18.2 Å². The molecule has 16 heavy (non-hydrogen) atoms. The van der Waals surface area contributed by atoms with E-state index >= 15 is 0 Å². The van der Waals surface area contributed by atoms with Gasteiger partial charge in [-0.25, -0.2) is 4.98 Å². The lowest BCUT2D eigenvalue weighted by atomic mass is 10.1. The van der Waals surface area contributed by atoms with Gasteiger partial charge in [0, 0.05) is 25.5 Å². The first-order valence-electron chi connectivity index (χ1n) is 6.16. The zero-order valence-corrected chi connectivity index (χ0v) is 10.1.